The van der Waals surface area contributed by atoms with E-state index in [1.807, 2.05) is 11.0 Å². The number of piperazine rings is 1. The van der Waals surface area contributed by atoms with Gasteiger partial charge in [-0.2, -0.15) is 0 Å². The number of carbonyl (C=O) groups excluding carboxylic acids is 2. The van der Waals surface area contributed by atoms with E-state index in [-0.39, 0.29) is 17.9 Å². The first-order chi connectivity index (χ1) is 16.7. The largest absolute Gasteiger partial charge is 0.340 e. The van der Waals surface area contributed by atoms with E-state index < -0.39 is 0 Å². The fourth-order valence-corrected chi connectivity index (χ4v) is 5.15. The average molecular weight is 454 g/mol. The van der Waals surface area contributed by atoms with Crippen LogP contribution in [0.4, 0.5) is 5.69 Å². The summed E-state index contributed by atoms with van der Waals surface area (Å²) in [4.78, 5) is 29.0. The molecule has 2 aliphatic heterocycles. The predicted octanol–water partition coefficient (Wildman–Crippen LogP) is 4.44. The monoisotopic (exact) mass is 453 g/mol. The van der Waals surface area contributed by atoms with E-state index in [1.54, 1.807) is 0 Å². The molecular formula is C29H31N3O2. The number of aryl methyl sites for hydroxylation is 1. The molecule has 1 N–H and O–H groups in total. The third-order valence-electron chi connectivity index (χ3n) is 6.91. The highest BCUT2D eigenvalue weighted by Gasteiger charge is 2.28. The number of benzene rings is 3. The van der Waals surface area contributed by atoms with Crippen LogP contribution in [0.2, 0.25) is 0 Å². The molecule has 2 amide bonds. The summed E-state index contributed by atoms with van der Waals surface area (Å²) in [5, 5.41) is 2.87. The lowest BCUT2D eigenvalue weighted by Gasteiger charge is -2.40. The van der Waals surface area contributed by atoms with Gasteiger partial charge in [-0.25, -0.2) is 0 Å². The van der Waals surface area contributed by atoms with Crippen LogP contribution in [0.3, 0.4) is 0 Å². The van der Waals surface area contributed by atoms with Crippen LogP contribution in [0.5, 0.6) is 0 Å². The highest BCUT2D eigenvalue weighted by Crippen LogP contribution is 2.29. The van der Waals surface area contributed by atoms with Gasteiger partial charge in [0.2, 0.25) is 11.8 Å². The first kappa shape index (κ1) is 22.4. The maximum atomic E-state index is 12.9. The molecule has 174 valence electrons. The van der Waals surface area contributed by atoms with Crippen molar-refractivity contribution in [1.29, 1.82) is 0 Å². The minimum absolute atomic E-state index is 0.0586. The van der Waals surface area contributed by atoms with Gasteiger partial charge in [0.15, 0.2) is 0 Å². The second kappa shape index (κ2) is 10.2. The summed E-state index contributed by atoms with van der Waals surface area (Å²) in [7, 11) is 0. The average Bonchev–Trinajstić information content (AvgIpc) is 3.25. The third kappa shape index (κ3) is 5.05. The Morgan fingerprint density at radius 2 is 1.50 bits per heavy atom. The van der Waals surface area contributed by atoms with Gasteiger partial charge in [0.1, 0.15) is 0 Å². The van der Waals surface area contributed by atoms with E-state index in [9.17, 15) is 9.59 Å². The lowest BCUT2D eigenvalue weighted by atomic mass is 9.96. The quantitative estimate of drug-likeness (QED) is 0.576. The fourth-order valence-electron chi connectivity index (χ4n) is 5.15. The maximum Gasteiger partial charge on any atom is 0.228 e. The molecule has 0 saturated carbocycles. The molecule has 0 bridgehead atoms. The number of hydrogen-bond donors (Lipinski definition) is 1. The van der Waals surface area contributed by atoms with Gasteiger partial charge in [0.25, 0.3) is 0 Å². The zero-order chi connectivity index (χ0) is 23.3. The number of nitrogens with zero attached hydrogens (tertiary/aromatic N) is 2. The molecule has 5 heteroatoms. The van der Waals surface area contributed by atoms with Crippen molar-refractivity contribution in [2.45, 2.75) is 31.7 Å². The molecule has 0 atom stereocenters. The Kier molecular flexibility index (Phi) is 6.72. The van der Waals surface area contributed by atoms with Gasteiger partial charge in [-0.05, 0) is 41.2 Å². The Labute approximate surface area is 201 Å². The number of carbonyl (C=O) groups is 2. The lowest BCUT2D eigenvalue weighted by molar-refractivity contribution is -0.133. The van der Waals surface area contributed by atoms with Crippen LogP contribution in [0.25, 0.3) is 0 Å². The zero-order valence-corrected chi connectivity index (χ0v) is 19.5. The van der Waals surface area contributed by atoms with Gasteiger partial charge in [-0.1, -0.05) is 72.8 Å². The molecule has 5 rings (SSSR count). The molecule has 3 aromatic carbocycles. The van der Waals surface area contributed by atoms with E-state index in [0.717, 1.165) is 50.3 Å². The van der Waals surface area contributed by atoms with Crippen LogP contribution >= 0.6 is 0 Å². The van der Waals surface area contributed by atoms with E-state index in [4.69, 9.17) is 0 Å². The van der Waals surface area contributed by atoms with Crippen molar-refractivity contribution in [2.75, 3.05) is 31.5 Å². The van der Waals surface area contributed by atoms with Crippen molar-refractivity contribution in [3.05, 3.63) is 101 Å². The van der Waals surface area contributed by atoms with Crippen molar-refractivity contribution in [1.82, 2.24) is 9.80 Å². The maximum absolute atomic E-state index is 12.9. The van der Waals surface area contributed by atoms with Gasteiger partial charge < -0.3 is 10.2 Å². The number of amides is 2. The molecule has 0 unspecified atom stereocenters. The Hall–Kier alpha value is -3.44. The van der Waals surface area contributed by atoms with E-state index >= 15 is 0 Å². The first-order valence-corrected chi connectivity index (χ1v) is 12.2. The molecule has 1 fully saturated rings. The van der Waals surface area contributed by atoms with Crippen LogP contribution in [0, 0.1) is 0 Å². The standard InChI is InChI=1S/C29H31N3O2/c33-27-21-25-20-22(14-15-26(25)30-27)8-7-13-28(34)31-16-18-32(19-17-31)29(23-9-3-1-4-10-23)24-11-5-2-6-12-24/h1-6,9-12,14-15,20,29H,7-8,13,16-19,21H2,(H,30,33). The van der Waals surface area contributed by atoms with Gasteiger partial charge in [0, 0.05) is 38.3 Å². The normalized spacial score (nSPS) is 15.9. The fraction of sp³-hybridized carbons (Fsp3) is 0.310. The minimum atomic E-state index is 0.0586. The van der Waals surface area contributed by atoms with Crippen molar-refractivity contribution >= 4 is 17.5 Å². The molecule has 0 aliphatic carbocycles. The highest BCUT2D eigenvalue weighted by molar-refractivity contribution is 5.99. The van der Waals surface area contributed by atoms with Gasteiger partial charge in [0.05, 0.1) is 12.5 Å². The summed E-state index contributed by atoms with van der Waals surface area (Å²) in [5.41, 5.74) is 5.77. The highest BCUT2D eigenvalue weighted by atomic mass is 16.2. The van der Waals surface area contributed by atoms with Crippen molar-refractivity contribution < 1.29 is 9.59 Å². The zero-order valence-electron chi connectivity index (χ0n) is 19.5. The van der Waals surface area contributed by atoms with E-state index in [1.165, 1.54) is 16.7 Å². The molecule has 0 radical (unpaired) electrons. The first-order valence-electron chi connectivity index (χ1n) is 12.2. The smallest absolute Gasteiger partial charge is 0.228 e. The Morgan fingerprint density at radius 3 is 2.15 bits per heavy atom. The summed E-state index contributed by atoms with van der Waals surface area (Å²) in [6.45, 7) is 3.27. The number of nitrogens with one attached hydrogen (secondary N) is 1. The Morgan fingerprint density at radius 1 is 0.853 bits per heavy atom. The van der Waals surface area contributed by atoms with Crippen molar-refractivity contribution in [3.63, 3.8) is 0 Å². The van der Waals surface area contributed by atoms with Gasteiger partial charge in [-0.3, -0.25) is 14.5 Å². The minimum Gasteiger partial charge on any atom is -0.340 e. The Balaban J connectivity index is 1.15. The van der Waals surface area contributed by atoms with E-state index in [2.05, 4.69) is 83.0 Å². The van der Waals surface area contributed by atoms with Gasteiger partial charge in [-0.15, -0.1) is 0 Å². The molecule has 2 aliphatic rings. The molecule has 3 aromatic rings. The summed E-state index contributed by atoms with van der Waals surface area (Å²) in [5.74, 6) is 0.303. The molecule has 1 saturated heterocycles. The summed E-state index contributed by atoms with van der Waals surface area (Å²) in [6.07, 6.45) is 2.71. The number of hydrogen-bond acceptors (Lipinski definition) is 3. The molecule has 0 spiro atoms. The summed E-state index contributed by atoms with van der Waals surface area (Å²) in [6, 6.07) is 27.6. The van der Waals surface area contributed by atoms with Crippen LogP contribution in [-0.4, -0.2) is 47.8 Å². The summed E-state index contributed by atoms with van der Waals surface area (Å²) < 4.78 is 0. The molecule has 2 heterocycles. The molecular weight excluding hydrogens is 422 g/mol. The lowest BCUT2D eigenvalue weighted by Crippen LogP contribution is -2.49. The second-order valence-electron chi connectivity index (χ2n) is 9.21. The van der Waals surface area contributed by atoms with E-state index in [0.29, 0.717) is 12.8 Å². The van der Waals surface area contributed by atoms with Crippen LogP contribution < -0.4 is 5.32 Å². The summed E-state index contributed by atoms with van der Waals surface area (Å²) >= 11 is 0. The Bertz CT molecular complexity index is 1100. The van der Waals surface area contributed by atoms with Crippen LogP contribution in [-0.2, 0) is 22.4 Å². The molecule has 5 nitrogen and oxygen atoms in total. The topological polar surface area (TPSA) is 52.7 Å². The van der Waals surface area contributed by atoms with Crippen molar-refractivity contribution in [3.8, 4) is 0 Å². The number of anilines is 1. The predicted molar refractivity (Wildman–Crippen MR) is 135 cm³/mol. The van der Waals surface area contributed by atoms with Crippen LogP contribution in [0.15, 0.2) is 78.9 Å². The third-order valence-corrected chi connectivity index (χ3v) is 6.91. The van der Waals surface area contributed by atoms with Gasteiger partial charge >= 0.3 is 0 Å². The van der Waals surface area contributed by atoms with Crippen molar-refractivity contribution in [2.24, 2.45) is 0 Å². The SMILES string of the molecule is O=C1Cc2cc(CCCC(=O)N3CCN(C(c4ccccc4)c4ccccc4)CC3)ccc2N1. The second-order valence-corrected chi connectivity index (χ2v) is 9.21. The molecule has 34 heavy (non-hydrogen) atoms. The number of fused-ring (bicyclic) bond motifs is 1. The number of rotatable bonds is 7. The van der Waals surface area contributed by atoms with Crippen LogP contribution in [0.1, 0.15) is 41.1 Å². The molecule has 0 aromatic heterocycles.